The van der Waals surface area contributed by atoms with Crippen LogP contribution in [-0.4, -0.2) is 20.7 Å². The second-order valence-electron chi connectivity index (χ2n) is 6.28. The maximum atomic E-state index is 12.6. The zero-order valence-corrected chi connectivity index (χ0v) is 16.7. The lowest BCUT2D eigenvalue weighted by Gasteiger charge is -2.16. The van der Waals surface area contributed by atoms with E-state index in [0.29, 0.717) is 17.9 Å². The second kappa shape index (κ2) is 9.03. The van der Waals surface area contributed by atoms with Crippen LogP contribution in [0, 0.1) is 0 Å². The van der Waals surface area contributed by atoms with E-state index < -0.39 is 11.5 Å². The van der Waals surface area contributed by atoms with Crippen molar-refractivity contribution >= 4 is 29.2 Å². The summed E-state index contributed by atoms with van der Waals surface area (Å²) in [5.41, 5.74) is 1.11. The number of aryl methyl sites for hydroxylation is 1. The van der Waals surface area contributed by atoms with Crippen molar-refractivity contribution in [3.05, 3.63) is 91.8 Å². The van der Waals surface area contributed by atoms with E-state index in [-0.39, 0.29) is 34.5 Å². The number of hydrogen-bond acceptors (Lipinski definition) is 4. The smallest absolute Gasteiger partial charge is 0.335 e. The van der Waals surface area contributed by atoms with Gasteiger partial charge in [0.25, 0.3) is 5.56 Å². The summed E-state index contributed by atoms with van der Waals surface area (Å²) in [5.74, 6) is -0.507. The van der Waals surface area contributed by atoms with Gasteiger partial charge in [0, 0.05) is 12.6 Å². The predicted octanol–water partition coefficient (Wildman–Crippen LogP) is 4.38. The number of aromatic nitrogens is 1. The van der Waals surface area contributed by atoms with E-state index in [1.165, 1.54) is 34.9 Å². The van der Waals surface area contributed by atoms with Gasteiger partial charge < -0.3 is 19.5 Å². The van der Waals surface area contributed by atoms with Gasteiger partial charge in [-0.2, -0.15) is 0 Å². The molecule has 0 spiro atoms. The molecule has 0 aliphatic carbocycles. The molecule has 0 fully saturated rings. The van der Waals surface area contributed by atoms with Crippen molar-refractivity contribution in [2.75, 3.05) is 0 Å². The first-order valence-corrected chi connectivity index (χ1v) is 9.42. The third-order valence-electron chi connectivity index (χ3n) is 4.32. The summed E-state index contributed by atoms with van der Waals surface area (Å²) in [4.78, 5) is 23.5. The molecule has 0 saturated carbocycles. The molecule has 0 saturated heterocycles. The number of rotatable bonds is 7. The fourth-order valence-electron chi connectivity index (χ4n) is 2.80. The van der Waals surface area contributed by atoms with E-state index in [1.807, 2.05) is 0 Å². The van der Waals surface area contributed by atoms with Crippen LogP contribution < -0.4 is 10.3 Å². The maximum absolute atomic E-state index is 12.6. The fourth-order valence-corrected chi connectivity index (χ4v) is 3.33. The molecule has 0 bridgehead atoms. The monoisotopic (exact) mass is 433 g/mol. The van der Waals surface area contributed by atoms with Crippen LogP contribution in [0.5, 0.6) is 11.5 Å². The molecule has 0 atom stereocenters. The summed E-state index contributed by atoms with van der Waals surface area (Å²) in [5, 5.41) is 18.8. The molecule has 8 heteroatoms. The van der Waals surface area contributed by atoms with Crippen LogP contribution >= 0.6 is 23.2 Å². The first-order chi connectivity index (χ1) is 13.8. The number of ether oxygens (including phenoxy) is 1. The van der Waals surface area contributed by atoms with Crippen LogP contribution in [0.25, 0.3) is 0 Å². The van der Waals surface area contributed by atoms with E-state index in [4.69, 9.17) is 33.0 Å². The predicted molar refractivity (Wildman–Crippen MR) is 110 cm³/mol. The van der Waals surface area contributed by atoms with Crippen molar-refractivity contribution in [2.45, 2.75) is 19.6 Å². The number of carboxylic acids is 1. The molecule has 6 nitrogen and oxygen atoms in total. The van der Waals surface area contributed by atoms with Crippen molar-refractivity contribution in [1.29, 1.82) is 0 Å². The van der Waals surface area contributed by atoms with E-state index in [2.05, 4.69) is 0 Å². The number of benzene rings is 2. The lowest BCUT2D eigenvalue weighted by molar-refractivity contribution is 0.0697. The summed E-state index contributed by atoms with van der Waals surface area (Å²) < 4.78 is 7.11. The Morgan fingerprint density at radius 1 is 1.03 bits per heavy atom. The number of aromatic hydroxyl groups is 1. The molecule has 2 N–H and O–H groups in total. The topological polar surface area (TPSA) is 88.8 Å². The largest absolute Gasteiger partial charge is 0.508 e. The summed E-state index contributed by atoms with van der Waals surface area (Å²) in [6.07, 6.45) is 0.468. The molecule has 1 heterocycles. The normalized spacial score (nSPS) is 10.7. The SMILES string of the molecule is O=C(O)c1ccc(CCn2c(COc3cccc(O)c3)c(Cl)cc(Cl)c2=O)cc1. The number of phenols is 1. The van der Waals surface area contributed by atoms with Crippen LogP contribution in [0.3, 0.4) is 0 Å². The van der Waals surface area contributed by atoms with Gasteiger partial charge in [-0.3, -0.25) is 4.79 Å². The zero-order chi connectivity index (χ0) is 21.0. The van der Waals surface area contributed by atoms with Gasteiger partial charge in [-0.1, -0.05) is 41.4 Å². The molecular weight excluding hydrogens is 417 g/mol. The third-order valence-corrected chi connectivity index (χ3v) is 4.92. The van der Waals surface area contributed by atoms with E-state index in [9.17, 15) is 14.7 Å². The Hall–Kier alpha value is -2.96. The van der Waals surface area contributed by atoms with Gasteiger partial charge in [0.05, 0.1) is 16.3 Å². The Morgan fingerprint density at radius 3 is 2.41 bits per heavy atom. The average molecular weight is 434 g/mol. The van der Waals surface area contributed by atoms with Gasteiger partial charge in [0.2, 0.25) is 0 Å². The minimum absolute atomic E-state index is 0.00247. The van der Waals surface area contributed by atoms with Crippen molar-refractivity contribution < 1.29 is 19.7 Å². The molecule has 1 aromatic heterocycles. The van der Waals surface area contributed by atoms with Crippen molar-refractivity contribution in [2.24, 2.45) is 0 Å². The number of carboxylic acid groups (broad SMARTS) is 1. The minimum Gasteiger partial charge on any atom is -0.508 e. The van der Waals surface area contributed by atoms with Gasteiger partial charge in [-0.15, -0.1) is 0 Å². The average Bonchev–Trinajstić information content (AvgIpc) is 2.69. The lowest BCUT2D eigenvalue weighted by Crippen LogP contribution is -2.26. The van der Waals surface area contributed by atoms with Gasteiger partial charge in [-0.25, -0.2) is 4.79 Å². The molecule has 29 heavy (non-hydrogen) atoms. The number of pyridine rings is 1. The molecule has 0 radical (unpaired) electrons. The highest BCUT2D eigenvalue weighted by Gasteiger charge is 2.14. The summed E-state index contributed by atoms with van der Waals surface area (Å²) in [6, 6.07) is 14.1. The van der Waals surface area contributed by atoms with Crippen molar-refractivity contribution in [3.63, 3.8) is 0 Å². The highest BCUT2D eigenvalue weighted by atomic mass is 35.5. The maximum Gasteiger partial charge on any atom is 0.335 e. The number of hydrogen-bond donors (Lipinski definition) is 2. The molecule has 0 aliphatic rings. The van der Waals surface area contributed by atoms with Gasteiger partial charge in [-0.05, 0) is 42.3 Å². The minimum atomic E-state index is -0.999. The van der Waals surface area contributed by atoms with Gasteiger partial charge in [0.15, 0.2) is 0 Å². The van der Waals surface area contributed by atoms with Crippen LogP contribution in [-0.2, 0) is 19.6 Å². The number of nitrogens with zero attached hydrogens (tertiary/aromatic N) is 1. The Labute approximate surface area is 176 Å². The van der Waals surface area contributed by atoms with Crippen LogP contribution in [0.2, 0.25) is 10.0 Å². The Kier molecular flexibility index (Phi) is 6.46. The third kappa shape index (κ3) is 5.10. The zero-order valence-electron chi connectivity index (χ0n) is 15.1. The Bertz CT molecular complexity index is 1090. The second-order valence-corrected chi connectivity index (χ2v) is 7.10. The molecule has 0 unspecified atom stereocenters. The fraction of sp³-hybridized carbons (Fsp3) is 0.143. The van der Waals surface area contributed by atoms with E-state index in [0.717, 1.165) is 5.56 Å². The molecule has 0 amide bonds. The van der Waals surface area contributed by atoms with Crippen LogP contribution in [0.15, 0.2) is 59.4 Å². The standard InChI is InChI=1S/C21H17Cl2NO5/c22-17-11-18(23)20(26)24(9-8-13-4-6-14(7-5-13)21(27)28)19(17)12-29-16-3-1-2-15(25)10-16/h1-7,10-11,25H,8-9,12H2,(H,27,28). The highest BCUT2D eigenvalue weighted by Crippen LogP contribution is 2.23. The summed E-state index contributed by atoms with van der Waals surface area (Å²) in [7, 11) is 0. The van der Waals surface area contributed by atoms with Crippen LogP contribution in [0.4, 0.5) is 0 Å². The molecule has 3 aromatic rings. The number of halogens is 2. The van der Waals surface area contributed by atoms with E-state index in [1.54, 1.807) is 24.3 Å². The first kappa shape index (κ1) is 20.8. The molecule has 0 aliphatic heterocycles. The van der Waals surface area contributed by atoms with E-state index >= 15 is 0 Å². The van der Waals surface area contributed by atoms with Crippen molar-refractivity contribution in [1.82, 2.24) is 4.57 Å². The molecular formula is C21H17Cl2NO5. The highest BCUT2D eigenvalue weighted by molar-refractivity contribution is 6.34. The number of carbonyl (C=O) groups is 1. The number of phenolic OH excluding ortho intramolecular Hbond substituents is 1. The summed E-state index contributed by atoms with van der Waals surface area (Å²) >= 11 is 12.3. The lowest BCUT2D eigenvalue weighted by atomic mass is 10.1. The summed E-state index contributed by atoms with van der Waals surface area (Å²) in [6.45, 7) is 0.289. The molecule has 3 rings (SSSR count). The first-order valence-electron chi connectivity index (χ1n) is 8.67. The quantitative estimate of drug-likeness (QED) is 0.576. The Balaban J connectivity index is 1.82. The van der Waals surface area contributed by atoms with Crippen molar-refractivity contribution in [3.8, 4) is 11.5 Å². The number of aromatic carboxylic acids is 1. The van der Waals surface area contributed by atoms with Gasteiger partial charge >= 0.3 is 5.97 Å². The molecule has 2 aromatic carbocycles. The molecule has 150 valence electrons. The van der Waals surface area contributed by atoms with Gasteiger partial charge in [0.1, 0.15) is 23.1 Å². The van der Waals surface area contributed by atoms with Crippen LogP contribution in [0.1, 0.15) is 21.6 Å². The Morgan fingerprint density at radius 2 is 1.76 bits per heavy atom.